The van der Waals surface area contributed by atoms with E-state index in [1.165, 1.54) is 0 Å². The molecule has 1 aliphatic rings. The van der Waals surface area contributed by atoms with Gasteiger partial charge in [0, 0.05) is 22.6 Å². The van der Waals surface area contributed by atoms with Gasteiger partial charge in [-0.15, -0.1) is 0 Å². The molecule has 3 rings (SSSR count). The molecule has 0 unspecified atom stereocenters. The van der Waals surface area contributed by atoms with Crippen molar-refractivity contribution in [1.82, 2.24) is 21.2 Å². The second-order valence-electron chi connectivity index (χ2n) is 5.98. The molecule has 1 aromatic heterocycles. The predicted octanol–water partition coefficient (Wildman–Crippen LogP) is 0.238. The SMILES string of the molecule is C[C@H](N)C(=O)NNC(=O)[C@@H]1Cc2c([nH]c3ccccc23)[C@H](C)N1. The van der Waals surface area contributed by atoms with Gasteiger partial charge in [-0.2, -0.15) is 0 Å². The van der Waals surface area contributed by atoms with Gasteiger partial charge in [0.1, 0.15) is 0 Å². The van der Waals surface area contributed by atoms with Gasteiger partial charge in [-0.3, -0.25) is 25.8 Å². The fourth-order valence-electron chi connectivity index (χ4n) is 2.95. The molecular weight excluding hydrogens is 294 g/mol. The van der Waals surface area contributed by atoms with Crippen molar-refractivity contribution < 1.29 is 9.59 Å². The van der Waals surface area contributed by atoms with Gasteiger partial charge < -0.3 is 10.7 Å². The fourth-order valence-corrected chi connectivity index (χ4v) is 2.95. The van der Waals surface area contributed by atoms with E-state index in [-0.39, 0.29) is 11.9 Å². The molecule has 7 heteroatoms. The number of hydrazine groups is 1. The summed E-state index contributed by atoms with van der Waals surface area (Å²) in [6.07, 6.45) is 0.559. The number of fused-ring (bicyclic) bond motifs is 3. The number of carbonyl (C=O) groups excluding carboxylic acids is 2. The molecule has 7 nitrogen and oxygen atoms in total. The van der Waals surface area contributed by atoms with E-state index in [1.807, 2.05) is 25.1 Å². The van der Waals surface area contributed by atoms with Crippen molar-refractivity contribution in [2.45, 2.75) is 38.4 Å². The third-order valence-corrected chi connectivity index (χ3v) is 4.18. The normalized spacial score (nSPS) is 21.5. The third kappa shape index (κ3) is 2.93. The third-order valence-electron chi connectivity index (χ3n) is 4.18. The standard InChI is InChI=1S/C16H21N5O2/c1-8(17)15(22)20-21-16(23)13-7-11-10-5-3-4-6-12(10)19-14(11)9(2)18-13/h3-6,8-9,13,18-19H,7,17H2,1-2H3,(H,20,22)(H,21,23)/t8-,9-,13-/m0/s1. The van der Waals surface area contributed by atoms with Crippen molar-refractivity contribution in [2.75, 3.05) is 0 Å². The Labute approximate surface area is 134 Å². The number of hydrogen-bond donors (Lipinski definition) is 5. The first-order valence-corrected chi connectivity index (χ1v) is 7.68. The Morgan fingerprint density at radius 3 is 2.78 bits per heavy atom. The van der Waals surface area contributed by atoms with Crippen LogP contribution in [0.3, 0.4) is 0 Å². The largest absolute Gasteiger partial charge is 0.357 e. The molecule has 122 valence electrons. The van der Waals surface area contributed by atoms with Gasteiger partial charge in [-0.25, -0.2) is 0 Å². The number of aromatic nitrogens is 1. The summed E-state index contributed by atoms with van der Waals surface area (Å²) < 4.78 is 0. The molecule has 3 atom stereocenters. The van der Waals surface area contributed by atoms with Gasteiger partial charge in [0.2, 0.25) is 0 Å². The molecule has 2 amide bonds. The van der Waals surface area contributed by atoms with Crippen LogP contribution in [0.15, 0.2) is 24.3 Å². The van der Waals surface area contributed by atoms with Crippen LogP contribution in [0.5, 0.6) is 0 Å². The quantitative estimate of drug-likeness (QED) is 0.511. The second kappa shape index (κ2) is 6.02. The molecule has 1 aliphatic heterocycles. The highest BCUT2D eigenvalue weighted by Gasteiger charge is 2.31. The van der Waals surface area contributed by atoms with E-state index in [9.17, 15) is 9.59 Å². The molecule has 0 bridgehead atoms. The Kier molecular flexibility index (Phi) is 4.06. The lowest BCUT2D eigenvalue weighted by Crippen LogP contribution is -2.55. The van der Waals surface area contributed by atoms with Crippen LogP contribution in [0, 0.1) is 0 Å². The minimum Gasteiger partial charge on any atom is -0.357 e. The van der Waals surface area contributed by atoms with E-state index < -0.39 is 18.0 Å². The van der Waals surface area contributed by atoms with Crippen molar-refractivity contribution in [1.29, 1.82) is 0 Å². The zero-order chi connectivity index (χ0) is 16.6. The van der Waals surface area contributed by atoms with Gasteiger partial charge in [0.15, 0.2) is 0 Å². The summed E-state index contributed by atoms with van der Waals surface area (Å²) >= 11 is 0. The molecule has 23 heavy (non-hydrogen) atoms. The topological polar surface area (TPSA) is 112 Å². The average molecular weight is 315 g/mol. The number of para-hydroxylation sites is 1. The van der Waals surface area contributed by atoms with Gasteiger partial charge in [0.25, 0.3) is 11.8 Å². The number of benzene rings is 1. The first-order valence-electron chi connectivity index (χ1n) is 7.68. The number of hydrogen-bond acceptors (Lipinski definition) is 4. The number of amides is 2. The van der Waals surface area contributed by atoms with Crippen LogP contribution in [-0.4, -0.2) is 28.9 Å². The lowest BCUT2D eigenvalue weighted by Gasteiger charge is -2.28. The van der Waals surface area contributed by atoms with E-state index in [0.29, 0.717) is 6.42 Å². The predicted molar refractivity (Wildman–Crippen MR) is 87.3 cm³/mol. The van der Waals surface area contributed by atoms with Gasteiger partial charge >= 0.3 is 0 Å². The summed E-state index contributed by atoms with van der Waals surface area (Å²) in [5, 5.41) is 4.39. The average Bonchev–Trinajstić information content (AvgIpc) is 2.91. The maximum absolute atomic E-state index is 12.3. The van der Waals surface area contributed by atoms with Crippen LogP contribution >= 0.6 is 0 Å². The van der Waals surface area contributed by atoms with Gasteiger partial charge in [-0.05, 0) is 31.9 Å². The molecule has 0 fully saturated rings. The number of carbonyl (C=O) groups is 2. The zero-order valence-electron chi connectivity index (χ0n) is 13.1. The Morgan fingerprint density at radius 2 is 2.04 bits per heavy atom. The molecule has 0 radical (unpaired) electrons. The summed E-state index contributed by atoms with van der Waals surface area (Å²) in [5.41, 5.74) is 13.5. The Morgan fingerprint density at radius 1 is 1.30 bits per heavy atom. The minimum atomic E-state index is -0.672. The number of aromatic amines is 1. The van der Waals surface area contributed by atoms with Crippen LogP contribution in [0.1, 0.15) is 31.1 Å². The Balaban J connectivity index is 1.77. The van der Waals surface area contributed by atoms with Crippen LogP contribution in [0.2, 0.25) is 0 Å². The Hall–Kier alpha value is -2.38. The summed E-state index contributed by atoms with van der Waals surface area (Å²) in [7, 11) is 0. The Bertz CT molecular complexity index is 752. The van der Waals surface area contributed by atoms with E-state index in [1.54, 1.807) is 6.92 Å². The molecule has 2 heterocycles. The molecule has 0 saturated heterocycles. The maximum atomic E-state index is 12.3. The molecule has 6 N–H and O–H groups in total. The van der Waals surface area contributed by atoms with Crippen molar-refractivity contribution in [2.24, 2.45) is 5.73 Å². The first-order chi connectivity index (χ1) is 11.0. The van der Waals surface area contributed by atoms with Gasteiger partial charge in [0.05, 0.1) is 12.1 Å². The molecule has 1 aromatic carbocycles. The minimum absolute atomic E-state index is 0.0195. The zero-order valence-corrected chi connectivity index (χ0v) is 13.1. The van der Waals surface area contributed by atoms with Crippen molar-refractivity contribution in [3.63, 3.8) is 0 Å². The summed E-state index contributed by atoms with van der Waals surface area (Å²) in [6, 6.07) is 6.98. The number of H-pyrrole nitrogens is 1. The molecule has 0 spiro atoms. The van der Waals surface area contributed by atoms with Crippen LogP contribution in [0.4, 0.5) is 0 Å². The highest BCUT2D eigenvalue weighted by Crippen LogP contribution is 2.31. The van der Waals surface area contributed by atoms with Gasteiger partial charge in [-0.1, -0.05) is 18.2 Å². The molecule has 0 saturated carbocycles. The first kappa shape index (κ1) is 15.5. The van der Waals surface area contributed by atoms with Crippen LogP contribution in [-0.2, 0) is 16.0 Å². The van der Waals surface area contributed by atoms with Crippen LogP contribution < -0.4 is 21.9 Å². The second-order valence-corrected chi connectivity index (χ2v) is 5.98. The molecule has 2 aromatic rings. The van der Waals surface area contributed by atoms with E-state index >= 15 is 0 Å². The molecule has 0 aliphatic carbocycles. The van der Waals surface area contributed by atoms with E-state index in [4.69, 9.17) is 5.73 Å². The smallest absolute Gasteiger partial charge is 0.255 e. The number of nitrogens with two attached hydrogens (primary N) is 1. The van der Waals surface area contributed by atoms with Crippen molar-refractivity contribution in [3.8, 4) is 0 Å². The lowest BCUT2D eigenvalue weighted by atomic mass is 9.94. The van der Waals surface area contributed by atoms with E-state index in [0.717, 1.165) is 22.2 Å². The fraction of sp³-hybridized carbons (Fsp3) is 0.375. The molecular formula is C16H21N5O2. The van der Waals surface area contributed by atoms with Crippen LogP contribution in [0.25, 0.3) is 10.9 Å². The lowest BCUT2D eigenvalue weighted by molar-refractivity contribution is -0.130. The summed E-state index contributed by atoms with van der Waals surface area (Å²) in [5.74, 6) is -0.697. The highest BCUT2D eigenvalue weighted by atomic mass is 16.2. The number of rotatable bonds is 2. The monoisotopic (exact) mass is 315 g/mol. The maximum Gasteiger partial charge on any atom is 0.255 e. The van der Waals surface area contributed by atoms with E-state index in [2.05, 4.69) is 27.2 Å². The summed E-state index contributed by atoms with van der Waals surface area (Å²) in [4.78, 5) is 27.2. The van der Waals surface area contributed by atoms with Crippen molar-refractivity contribution in [3.05, 3.63) is 35.5 Å². The van der Waals surface area contributed by atoms with Crippen molar-refractivity contribution >= 4 is 22.7 Å². The summed E-state index contributed by atoms with van der Waals surface area (Å²) in [6.45, 7) is 3.56. The highest BCUT2D eigenvalue weighted by molar-refractivity contribution is 5.90. The number of nitrogens with one attached hydrogen (secondary N) is 4.